The maximum Gasteiger partial charge on any atom is 0.141 e. The van der Waals surface area contributed by atoms with Crippen molar-refractivity contribution in [1.29, 1.82) is 0 Å². The molecule has 0 amide bonds. The standard InChI is InChI=1S/C14H24O/c1-10(2)7-8-12(5)9-13(6)14(15)11(3)4/h7-11,13H,1-6H3/b8-7+,12-9+/t13-/m1/s1. The molecule has 0 heterocycles. The second-order valence-corrected chi connectivity index (χ2v) is 4.86. The Balaban J connectivity index is 4.42. The van der Waals surface area contributed by atoms with Gasteiger partial charge < -0.3 is 0 Å². The van der Waals surface area contributed by atoms with Gasteiger partial charge in [0.05, 0.1) is 0 Å². The van der Waals surface area contributed by atoms with Gasteiger partial charge in [-0.25, -0.2) is 0 Å². The third-order valence-electron chi connectivity index (χ3n) is 2.27. The highest BCUT2D eigenvalue weighted by molar-refractivity contribution is 5.84. The Morgan fingerprint density at radius 1 is 1.07 bits per heavy atom. The molecule has 0 aliphatic heterocycles. The van der Waals surface area contributed by atoms with E-state index in [1.165, 1.54) is 5.57 Å². The molecule has 0 aliphatic rings. The highest BCUT2D eigenvalue weighted by Gasteiger charge is 2.13. The zero-order valence-electron chi connectivity index (χ0n) is 10.9. The van der Waals surface area contributed by atoms with Crippen molar-refractivity contribution < 1.29 is 4.79 Å². The maximum absolute atomic E-state index is 11.6. The van der Waals surface area contributed by atoms with Crippen LogP contribution < -0.4 is 0 Å². The Labute approximate surface area is 94.3 Å². The van der Waals surface area contributed by atoms with Crippen molar-refractivity contribution in [3.8, 4) is 0 Å². The molecule has 0 rings (SSSR count). The smallest absolute Gasteiger partial charge is 0.141 e. The first-order valence-electron chi connectivity index (χ1n) is 5.75. The first-order chi connectivity index (χ1) is 6.84. The molecule has 0 aromatic carbocycles. The molecular formula is C14H24O. The fraction of sp³-hybridized carbons (Fsp3) is 0.643. The summed E-state index contributed by atoms with van der Waals surface area (Å²) in [7, 11) is 0. The number of hydrogen-bond donors (Lipinski definition) is 0. The maximum atomic E-state index is 11.6. The average Bonchev–Trinajstić information content (AvgIpc) is 2.13. The number of carbonyl (C=O) groups excluding carboxylic acids is 1. The zero-order chi connectivity index (χ0) is 12.0. The molecule has 0 spiro atoms. The molecule has 15 heavy (non-hydrogen) atoms. The lowest BCUT2D eigenvalue weighted by Gasteiger charge is -2.09. The monoisotopic (exact) mass is 208 g/mol. The first-order valence-corrected chi connectivity index (χ1v) is 5.75. The second kappa shape index (κ2) is 6.60. The molecule has 0 saturated heterocycles. The first kappa shape index (κ1) is 14.2. The minimum atomic E-state index is 0.0295. The highest BCUT2D eigenvalue weighted by atomic mass is 16.1. The number of ketones is 1. The number of carbonyl (C=O) groups is 1. The number of rotatable bonds is 5. The molecule has 1 atom stereocenters. The van der Waals surface area contributed by atoms with E-state index in [2.05, 4.69) is 26.0 Å². The van der Waals surface area contributed by atoms with E-state index in [0.717, 1.165) is 0 Å². The van der Waals surface area contributed by atoms with Crippen LogP contribution in [0.3, 0.4) is 0 Å². The molecule has 0 aromatic rings. The third-order valence-corrected chi connectivity index (χ3v) is 2.27. The SMILES string of the molecule is CC(/C=C/C(C)C)=C\[C@@H](C)C(=O)C(C)C. The van der Waals surface area contributed by atoms with Crippen molar-refractivity contribution in [2.24, 2.45) is 17.8 Å². The summed E-state index contributed by atoms with van der Waals surface area (Å²) < 4.78 is 0. The van der Waals surface area contributed by atoms with Gasteiger partial charge in [-0.15, -0.1) is 0 Å². The van der Waals surface area contributed by atoms with Gasteiger partial charge in [-0.2, -0.15) is 0 Å². The normalized spacial score (nSPS) is 15.3. The van der Waals surface area contributed by atoms with Crippen LogP contribution >= 0.6 is 0 Å². The second-order valence-electron chi connectivity index (χ2n) is 4.86. The van der Waals surface area contributed by atoms with Gasteiger partial charge in [0.2, 0.25) is 0 Å². The lowest BCUT2D eigenvalue weighted by Crippen LogP contribution is -2.15. The summed E-state index contributed by atoms with van der Waals surface area (Å²) in [6.07, 6.45) is 6.29. The van der Waals surface area contributed by atoms with Crippen LogP contribution in [0.15, 0.2) is 23.8 Å². The molecule has 0 bridgehead atoms. The van der Waals surface area contributed by atoms with Crippen LogP contribution in [0.1, 0.15) is 41.5 Å². The fourth-order valence-electron chi connectivity index (χ4n) is 1.40. The lowest BCUT2D eigenvalue weighted by atomic mass is 9.95. The van der Waals surface area contributed by atoms with Crippen LogP contribution in [0.4, 0.5) is 0 Å². The highest BCUT2D eigenvalue weighted by Crippen LogP contribution is 2.11. The predicted molar refractivity (Wildman–Crippen MR) is 66.7 cm³/mol. The summed E-state index contributed by atoms with van der Waals surface area (Å²) in [5, 5.41) is 0. The molecular weight excluding hydrogens is 184 g/mol. The molecule has 0 unspecified atom stereocenters. The molecule has 0 radical (unpaired) electrons. The fourth-order valence-corrected chi connectivity index (χ4v) is 1.40. The van der Waals surface area contributed by atoms with Gasteiger partial charge in [-0.05, 0) is 12.8 Å². The van der Waals surface area contributed by atoms with Crippen molar-refractivity contribution >= 4 is 5.78 Å². The summed E-state index contributed by atoms with van der Waals surface area (Å²) in [5.74, 6) is 1.02. The molecule has 0 aromatic heterocycles. The van der Waals surface area contributed by atoms with E-state index in [1.807, 2.05) is 33.8 Å². The van der Waals surface area contributed by atoms with E-state index in [4.69, 9.17) is 0 Å². The molecule has 1 nitrogen and oxygen atoms in total. The van der Waals surface area contributed by atoms with Gasteiger partial charge in [0, 0.05) is 11.8 Å². The van der Waals surface area contributed by atoms with Crippen molar-refractivity contribution in [3.63, 3.8) is 0 Å². The Hall–Kier alpha value is -0.850. The van der Waals surface area contributed by atoms with Crippen molar-refractivity contribution in [1.82, 2.24) is 0 Å². The summed E-state index contributed by atoms with van der Waals surface area (Å²) >= 11 is 0. The van der Waals surface area contributed by atoms with Gasteiger partial charge in [-0.1, -0.05) is 58.4 Å². The Bertz CT molecular complexity index is 257. The van der Waals surface area contributed by atoms with E-state index < -0.39 is 0 Å². The number of Topliss-reactive ketones (excluding diaryl/α,β-unsaturated/α-hetero) is 1. The van der Waals surface area contributed by atoms with Crippen molar-refractivity contribution in [2.75, 3.05) is 0 Å². The van der Waals surface area contributed by atoms with Crippen LogP contribution in [0.25, 0.3) is 0 Å². The van der Waals surface area contributed by atoms with Gasteiger partial charge in [-0.3, -0.25) is 4.79 Å². The molecule has 0 fully saturated rings. The van der Waals surface area contributed by atoms with Gasteiger partial charge in [0.1, 0.15) is 5.78 Å². The van der Waals surface area contributed by atoms with E-state index in [9.17, 15) is 4.79 Å². The van der Waals surface area contributed by atoms with Crippen molar-refractivity contribution in [2.45, 2.75) is 41.5 Å². The molecule has 0 aliphatic carbocycles. The van der Waals surface area contributed by atoms with E-state index >= 15 is 0 Å². The van der Waals surface area contributed by atoms with Crippen molar-refractivity contribution in [3.05, 3.63) is 23.8 Å². The molecule has 1 heteroatoms. The summed E-state index contributed by atoms with van der Waals surface area (Å²) in [6.45, 7) is 12.2. The Kier molecular flexibility index (Phi) is 6.23. The average molecular weight is 208 g/mol. The minimum Gasteiger partial charge on any atom is -0.299 e. The summed E-state index contributed by atoms with van der Waals surface area (Å²) in [6, 6.07) is 0. The van der Waals surface area contributed by atoms with Crippen LogP contribution in [-0.4, -0.2) is 5.78 Å². The topological polar surface area (TPSA) is 17.1 Å². The quantitative estimate of drug-likeness (QED) is 0.624. The molecule has 86 valence electrons. The predicted octanol–water partition coefficient (Wildman–Crippen LogP) is 4.01. The van der Waals surface area contributed by atoms with Gasteiger partial charge >= 0.3 is 0 Å². The van der Waals surface area contributed by atoms with Crippen LogP contribution in [0.2, 0.25) is 0 Å². The van der Waals surface area contributed by atoms with E-state index in [0.29, 0.717) is 11.7 Å². The Morgan fingerprint density at radius 2 is 1.60 bits per heavy atom. The van der Waals surface area contributed by atoms with E-state index in [1.54, 1.807) is 0 Å². The number of hydrogen-bond acceptors (Lipinski definition) is 1. The van der Waals surface area contributed by atoms with Crippen LogP contribution in [-0.2, 0) is 4.79 Å². The van der Waals surface area contributed by atoms with Gasteiger partial charge in [0.25, 0.3) is 0 Å². The summed E-state index contributed by atoms with van der Waals surface area (Å²) in [4.78, 5) is 11.6. The van der Waals surface area contributed by atoms with Crippen LogP contribution in [0, 0.1) is 17.8 Å². The molecule has 0 N–H and O–H groups in total. The Morgan fingerprint density at radius 3 is 2.00 bits per heavy atom. The molecule has 0 saturated carbocycles. The van der Waals surface area contributed by atoms with Crippen LogP contribution in [0.5, 0.6) is 0 Å². The lowest BCUT2D eigenvalue weighted by molar-refractivity contribution is -0.123. The van der Waals surface area contributed by atoms with E-state index in [-0.39, 0.29) is 11.8 Å². The minimum absolute atomic E-state index is 0.0295. The third kappa shape index (κ3) is 6.27. The largest absolute Gasteiger partial charge is 0.299 e. The zero-order valence-corrected chi connectivity index (χ0v) is 10.9. The van der Waals surface area contributed by atoms with Gasteiger partial charge in [0.15, 0.2) is 0 Å². The summed E-state index contributed by atoms with van der Waals surface area (Å²) in [5.41, 5.74) is 1.17. The number of allylic oxidation sites excluding steroid dienone is 4.